The number of hydrogen-bond donors (Lipinski definition) is 2. The highest BCUT2D eigenvalue weighted by atomic mass is 16.2. The molecule has 0 spiro atoms. The number of anilines is 1. The fraction of sp³-hybridized carbons (Fsp3) is 0.300. The van der Waals surface area contributed by atoms with Gasteiger partial charge in [-0.15, -0.1) is 0 Å². The molecule has 0 fully saturated rings. The fourth-order valence-electron chi connectivity index (χ4n) is 2.99. The van der Waals surface area contributed by atoms with Gasteiger partial charge in [0, 0.05) is 24.2 Å². The van der Waals surface area contributed by atoms with E-state index in [-0.39, 0.29) is 11.9 Å². The van der Waals surface area contributed by atoms with Crippen molar-refractivity contribution >= 4 is 22.5 Å². The molecule has 2 amide bonds. The van der Waals surface area contributed by atoms with Crippen LogP contribution in [-0.2, 0) is 6.54 Å². The van der Waals surface area contributed by atoms with Crippen molar-refractivity contribution in [1.29, 1.82) is 0 Å². The quantitative estimate of drug-likeness (QED) is 0.736. The van der Waals surface area contributed by atoms with E-state index in [1.807, 2.05) is 61.0 Å². The Bertz CT molecular complexity index is 879. The van der Waals surface area contributed by atoms with Gasteiger partial charge in [-0.2, -0.15) is 5.10 Å². The molecule has 3 rings (SSSR count). The van der Waals surface area contributed by atoms with Gasteiger partial charge in [0.25, 0.3) is 0 Å². The summed E-state index contributed by atoms with van der Waals surface area (Å²) in [5.41, 5.74) is 2.98. The number of rotatable bonds is 5. The third-order valence-electron chi connectivity index (χ3n) is 4.24. The number of carbonyl (C=O) groups excluding carboxylic acids is 1. The van der Waals surface area contributed by atoms with Crippen LogP contribution in [-0.4, -0.2) is 22.4 Å². The van der Waals surface area contributed by atoms with Crippen molar-refractivity contribution in [1.82, 2.24) is 15.1 Å². The van der Waals surface area contributed by atoms with Crippen LogP contribution in [0.2, 0.25) is 0 Å². The van der Waals surface area contributed by atoms with Crippen molar-refractivity contribution in [2.24, 2.45) is 5.92 Å². The molecule has 1 aromatic heterocycles. The Morgan fingerprint density at radius 1 is 1.16 bits per heavy atom. The molecule has 2 aromatic carbocycles. The Balaban J connectivity index is 1.56. The minimum absolute atomic E-state index is 0.184. The standard InChI is InChI=1S/C20H24N4O/c1-14(13-24-16(3)11-15(2)23-24)12-21-20(25)22-19-10-6-8-17-7-4-5-9-18(17)19/h4-11,14H,12-13H2,1-3H3,(H2,21,22,25)/t14-/m1/s1. The van der Waals surface area contributed by atoms with Gasteiger partial charge < -0.3 is 10.6 Å². The number of hydrogen-bond acceptors (Lipinski definition) is 2. The molecule has 3 aromatic rings. The molecule has 5 nitrogen and oxygen atoms in total. The van der Waals surface area contributed by atoms with Crippen LogP contribution in [0.1, 0.15) is 18.3 Å². The first kappa shape index (κ1) is 17.0. The van der Waals surface area contributed by atoms with E-state index < -0.39 is 0 Å². The van der Waals surface area contributed by atoms with Crippen molar-refractivity contribution in [3.05, 3.63) is 59.9 Å². The van der Waals surface area contributed by atoms with Gasteiger partial charge in [0.2, 0.25) is 0 Å². The average Bonchev–Trinajstić information content (AvgIpc) is 2.90. The number of fused-ring (bicyclic) bond motifs is 1. The normalized spacial score (nSPS) is 12.1. The van der Waals surface area contributed by atoms with Crippen molar-refractivity contribution in [3.63, 3.8) is 0 Å². The number of nitrogens with one attached hydrogen (secondary N) is 2. The maximum atomic E-state index is 12.2. The first-order valence-electron chi connectivity index (χ1n) is 8.56. The molecule has 0 aliphatic carbocycles. The second-order valence-corrected chi connectivity index (χ2v) is 6.58. The van der Waals surface area contributed by atoms with Gasteiger partial charge in [0.15, 0.2) is 0 Å². The molecular formula is C20H24N4O. The van der Waals surface area contributed by atoms with E-state index >= 15 is 0 Å². The topological polar surface area (TPSA) is 59.0 Å². The lowest BCUT2D eigenvalue weighted by molar-refractivity contribution is 0.249. The monoisotopic (exact) mass is 336 g/mol. The number of aromatic nitrogens is 2. The zero-order valence-corrected chi connectivity index (χ0v) is 14.9. The predicted octanol–water partition coefficient (Wildman–Crippen LogP) is 4.11. The molecular weight excluding hydrogens is 312 g/mol. The molecule has 1 heterocycles. The van der Waals surface area contributed by atoms with Crippen LogP contribution in [0.4, 0.5) is 10.5 Å². The molecule has 0 saturated heterocycles. The zero-order valence-electron chi connectivity index (χ0n) is 14.9. The SMILES string of the molecule is Cc1cc(C)n(C[C@H](C)CNC(=O)Nc2cccc3ccccc23)n1. The Morgan fingerprint density at radius 2 is 1.92 bits per heavy atom. The third kappa shape index (κ3) is 4.18. The largest absolute Gasteiger partial charge is 0.338 e. The molecule has 0 aliphatic rings. The van der Waals surface area contributed by atoms with Crippen LogP contribution < -0.4 is 10.6 Å². The van der Waals surface area contributed by atoms with Crippen LogP contribution in [0.5, 0.6) is 0 Å². The minimum atomic E-state index is -0.184. The lowest BCUT2D eigenvalue weighted by atomic mass is 10.1. The van der Waals surface area contributed by atoms with E-state index in [9.17, 15) is 4.79 Å². The lowest BCUT2D eigenvalue weighted by Crippen LogP contribution is -2.33. The average molecular weight is 336 g/mol. The van der Waals surface area contributed by atoms with E-state index in [0.717, 1.165) is 34.4 Å². The van der Waals surface area contributed by atoms with Gasteiger partial charge >= 0.3 is 6.03 Å². The number of urea groups is 1. The Hall–Kier alpha value is -2.82. The van der Waals surface area contributed by atoms with Crippen LogP contribution in [0.25, 0.3) is 10.8 Å². The van der Waals surface area contributed by atoms with E-state index in [2.05, 4.69) is 28.7 Å². The first-order valence-corrected chi connectivity index (χ1v) is 8.56. The van der Waals surface area contributed by atoms with Crippen LogP contribution >= 0.6 is 0 Å². The number of nitrogens with zero attached hydrogens (tertiary/aromatic N) is 2. The lowest BCUT2D eigenvalue weighted by Gasteiger charge is -2.15. The van der Waals surface area contributed by atoms with Crippen LogP contribution in [0.15, 0.2) is 48.5 Å². The van der Waals surface area contributed by atoms with Crippen molar-refractivity contribution in [2.45, 2.75) is 27.3 Å². The predicted molar refractivity (Wildman–Crippen MR) is 102 cm³/mol. The summed E-state index contributed by atoms with van der Waals surface area (Å²) in [7, 11) is 0. The van der Waals surface area contributed by atoms with Gasteiger partial charge in [-0.1, -0.05) is 43.3 Å². The van der Waals surface area contributed by atoms with E-state index in [4.69, 9.17) is 0 Å². The molecule has 0 unspecified atom stereocenters. The number of aryl methyl sites for hydroxylation is 2. The summed E-state index contributed by atoms with van der Waals surface area (Å²) < 4.78 is 1.99. The zero-order chi connectivity index (χ0) is 17.8. The Labute approximate surface area is 148 Å². The van der Waals surface area contributed by atoms with Gasteiger partial charge in [-0.05, 0) is 37.3 Å². The summed E-state index contributed by atoms with van der Waals surface area (Å²) in [5, 5.41) is 12.5. The second kappa shape index (κ2) is 7.38. The van der Waals surface area contributed by atoms with Gasteiger partial charge in [0.05, 0.1) is 11.4 Å². The van der Waals surface area contributed by atoms with E-state index in [0.29, 0.717) is 6.54 Å². The summed E-state index contributed by atoms with van der Waals surface area (Å²) in [4.78, 5) is 12.2. The van der Waals surface area contributed by atoms with E-state index in [1.165, 1.54) is 0 Å². The maximum absolute atomic E-state index is 12.2. The fourth-order valence-corrected chi connectivity index (χ4v) is 2.99. The number of benzene rings is 2. The van der Waals surface area contributed by atoms with Gasteiger partial charge in [0.1, 0.15) is 0 Å². The first-order chi connectivity index (χ1) is 12.0. The molecule has 0 bridgehead atoms. The molecule has 130 valence electrons. The van der Waals surface area contributed by atoms with Crippen LogP contribution in [0.3, 0.4) is 0 Å². The minimum Gasteiger partial charge on any atom is -0.338 e. The summed E-state index contributed by atoms with van der Waals surface area (Å²) >= 11 is 0. The van der Waals surface area contributed by atoms with Crippen molar-refractivity contribution in [2.75, 3.05) is 11.9 Å². The molecule has 25 heavy (non-hydrogen) atoms. The second-order valence-electron chi connectivity index (χ2n) is 6.58. The molecule has 1 atom stereocenters. The molecule has 0 saturated carbocycles. The molecule has 0 radical (unpaired) electrons. The van der Waals surface area contributed by atoms with Gasteiger partial charge in [-0.3, -0.25) is 4.68 Å². The highest BCUT2D eigenvalue weighted by molar-refractivity contribution is 6.01. The summed E-state index contributed by atoms with van der Waals surface area (Å²) in [6.45, 7) is 7.52. The van der Waals surface area contributed by atoms with E-state index in [1.54, 1.807) is 0 Å². The molecule has 5 heteroatoms. The number of carbonyl (C=O) groups is 1. The highest BCUT2D eigenvalue weighted by Gasteiger charge is 2.10. The maximum Gasteiger partial charge on any atom is 0.319 e. The molecule has 0 aliphatic heterocycles. The summed E-state index contributed by atoms with van der Waals surface area (Å²) in [6, 6.07) is 15.8. The Morgan fingerprint density at radius 3 is 2.68 bits per heavy atom. The number of amides is 2. The smallest absolute Gasteiger partial charge is 0.319 e. The van der Waals surface area contributed by atoms with Gasteiger partial charge in [-0.25, -0.2) is 4.79 Å². The van der Waals surface area contributed by atoms with Crippen molar-refractivity contribution in [3.8, 4) is 0 Å². The Kier molecular flexibility index (Phi) is 5.03. The highest BCUT2D eigenvalue weighted by Crippen LogP contribution is 2.22. The molecule has 2 N–H and O–H groups in total. The third-order valence-corrected chi connectivity index (χ3v) is 4.24. The summed E-state index contributed by atoms with van der Waals surface area (Å²) in [6.07, 6.45) is 0. The van der Waals surface area contributed by atoms with Crippen molar-refractivity contribution < 1.29 is 4.79 Å². The van der Waals surface area contributed by atoms with Crippen LogP contribution in [0, 0.1) is 19.8 Å². The summed E-state index contributed by atoms with van der Waals surface area (Å²) in [5.74, 6) is 0.288.